The first-order valence-electron chi connectivity index (χ1n) is 6.00. The molecule has 0 spiro atoms. The van der Waals surface area contributed by atoms with E-state index >= 15 is 0 Å². The molecule has 17 heavy (non-hydrogen) atoms. The molecule has 1 aromatic carbocycles. The number of ether oxygens (including phenoxy) is 2. The zero-order chi connectivity index (χ0) is 12.3. The third-order valence-electron chi connectivity index (χ3n) is 2.22. The van der Waals surface area contributed by atoms with Crippen LogP contribution in [0.4, 0.5) is 0 Å². The maximum Gasteiger partial charge on any atom is 0.133 e. The number of hydrogen-bond donors (Lipinski definition) is 1. The van der Waals surface area contributed by atoms with Crippen LogP contribution in [-0.2, 0) is 4.74 Å². The summed E-state index contributed by atoms with van der Waals surface area (Å²) in [5.74, 6) is 0.892. The lowest BCUT2D eigenvalue weighted by atomic mass is 10.3. The van der Waals surface area contributed by atoms with Gasteiger partial charge in [0.05, 0.1) is 4.47 Å². The van der Waals surface area contributed by atoms with Crippen LogP contribution in [0, 0.1) is 0 Å². The molecule has 3 nitrogen and oxygen atoms in total. The van der Waals surface area contributed by atoms with E-state index in [0.717, 1.165) is 42.9 Å². The maximum atomic E-state index is 5.62. The fraction of sp³-hybridized carbons (Fsp3) is 0.538. The largest absolute Gasteiger partial charge is 0.491 e. The van der Waals surface area contributed by atoms with Gasteiger partial charge in [-0.2, -0.15) is 0 Å². The Labute approximate surface area is 112 Å². The van der Waals surface area contributed by atoms with E-state index in [0.29, 0.717) is 6.61 Å². The molecule has 0 atom stereocenters. The summed E-state index contributed by atoms with van der Waals surface area (Å²) in [7, 11) is 0. The van der Waals surface area contributed by atoms with Crippen molar-refractivity contribution in [3.8, 4) is 5.75 Å². The Balaban J connectivity index is 1.99. The van der Waals surface area contributed by atoms with Gasteiger partial charge in [-0.15, -0.1) is 0 Å². The second-order valence-electron chi connectivity index (χ2n) is 3.58. The summed E-state index contributed by atoms with van der Waals surface area (Å²) < 4.78 is 11.9. The normalized spacial score (nSPS) is 10.5. The van der Waals surface area contributed by atoms with Gasteiger partial charge in [0.15, 0.2) is 0 Å². The first-order chi connectivity index (χ1) is 8.34. The van der Waals surface area contributed by atoms with Gasteiger partial charge in [-0.25, -0.2) is 0 Å². The molecule has 0 heterocycles. The Hall–Kier alpha value is -0.580. The SMILES string of the molecule is CCOCCCNCCOc1ccccc1Br. The fourth-order valence-electron chi connectivity index (χ4n) is 1.36. The van der Waals surface area contributed by atoms with Crippen LogP contribution in [0.25, 0.3) is 0 Å². The highest BCUT2D eigenvalue weighted by molar-refractivity contribution is 9.10. The minimum atomic E-state index is 0.678. The fourth-order valence-corrected chi connectivity index (χ4v) is 1.76. The first kappa shape index (κ1) is 14.5. The maximum absolute atomic E-state index is 5.62. The van der Waals surface area contributed by atoms with Crippen LogP contribution >= 0.6 is 15.9 Å². The zero-order valence-corrected chi connectivity index (χ0v) is 11.8. The summed E-state index contributed by atoms with van der Waals surface area (Å²) >= 11 is 3.45. The predicted molar refractivity (Wildman–Crippen MR) is 73.6 cm³/mol. The zero-order valence-electron chi connectivity index (χ0n) is 10.2. The molecule has 1 rings (SSSR count). The Morgan fingerprint density at radius 2 is 2.00 bits per heavy atom. The lowest BCUT2D eigenvalue weighted by Crippen LogP contribution is -2.23. The van der Waals surface area contributed by atoms with Crippen LogP contribution in [0.5, 0.6) is 5.75 Å². The van der Waals surface area contributed by atoms with Gasteiger partial charge >= 0.3 is 0 Å². The van der Waals surface area contributed by atoms with Crippen LogP contribution in [0.1, 0.15) is 13.3 Å². The van der Waals surface area contributed by atoms with Crippen LogP contribution in [0.2, 0.25) is 0 Å². The molecule has 0 aliphatic carbocycles. The average Bonchev–Trinajstić information content (AvgIpc) is 2.35. The Morgan fingerprint density at radius 3 is 2.76 bits per heavy atom. The lowest BCUT2D eigenvalue weighted by molar-refractivity contribution is 0.144. The van der Waals surface area contributed by atoms with Gasteiger partial charge in [0.2, 0.25) is 0 Å². The molecule has 4 heteroatoms. The average molecular weight is 302 g/mol. The van der Waals surface area contributed by atoms with Crippen LogP contribution in [0.15, 0.2) is 28.7 Å². The molecule has 0 bridgehead atoms. The van der Waals surface area contributed by atoms with Gasteiger partial charge in [0.1, 0.15) is 12.4 Å². The van der Waals surface area contributed by atoms with E-state index in [2.05, 4.69) is 21.2 Å². The topological polar surface area (TPSA) is 30.5 Å². The van der Waals surface area contributed by atoms with Crippen LogP contribution in [0.3, 0.4) is 0 Å². The highest BCUT2D eigenvalue weighted by atomic mass is 79.9. The summed E-state index contributed by atoms with van der Waals surface area (Å²) in [6.07, 6.45) is 1.04. The van der Waals surface area contributed by atoms with Crippen molar-refractivity contribution in [2.45, 2.75) is 13.3 Å². The van der Waals surface area contributed by atoms with Gasteiger partial charge in [0, 0.05) is 19.8 Å². The molecule has 0 saturated carbocycles. The molecule has 1 N–H and O–H groups in total. The molecule has 96 valence electrons. The van der Waals surface area contributed by atoms with Crippen molar-refractivity contribution in [1.29, 1.82) is 0 Å². The second-order valence-corrected chi connectivity index (χ2v) is 4.43. The third-order valence-corrected chi connectivity index (χ3v) is 2.87. The van der Waals surface area contributed by atoms with E-state index in [1.165, 1.54) is 0 Å². The van der Waals surface area contributed by atoms with Gasteiger partial charge < -0.3 is 14.8 Å². The number of nitrogens with one attached hydrogen (secondary N) is 1. The highest BCUT2D eigenvalue weighted by Crippen LogP contribution is 2.23. The molecular formula is C13H20BrNO2. The molecule has 0 saturated heterocycles. The van der Waals surface area contributed by atoms with E-state index in [-0.39, 0.29) is 0 Å². The molecule has 0 aliphatic rings. The van der Waals surface area contributed by atoms with E-state index in [4.69, 9.17) is 9.47 Å². The van der Waals surface area contributed by atoms with Crippen molar-refractivity contribution in [2.75, 3.05) is 32.9 Å². The molecule has 0 unspecified atom stereocenters. The minimum absolute atomic E-state index is 0.678. The highest BCUT2D eigenvalue weighted by Gasteiger charge is 1.97. The minimum Gasteiger partial charge on any atom is -0.491 e. The van der Waals surface area contributed by atoms with Gasteiger partial charge in [-0.1, -0.05) is 12.1 Å². The summed E-state index contributed by atoms with van der Waals surface area (Å²) in [5.41, 5.74) is 0. The van der Waals surface area contributed by atoms with Gasteiger partial charge in [0.25, 0.3) is 0 Å². The van der Waals surface area contributed by atoms with Crippen molar-refractivity contribution in [3.05, 3.63) is 28.7 Å². The summed E-state index contributed by atoms with van der Waals surface area (Å²) in [6, 6.07) is 7.88. The van der Waals surface area contributed by atoms with Crippen molar-refractivity contribution in [2.24, 2.45) is 0 Å². The standard InChI is InChI=1S/C13H20BrNO2/c1-2-16-10-5-8-15-9-11-17-13-7-4-3-6-12(13)14/h3-4,6-7,15H,2,5,8-11H2,1H3. The molecule has 0 amide bonds. The predicted octanol–water partition coefficient (Wildman–Crippen LogP) is 2.84. The van der Waals surface area contributed by atoms with Crippen LogP contribution < -0.4 is 10.1 Å². The first-order valence-corrected chi connectivity index (χ1v) is 6.79. The molecule has 0 aliphatic heterocycles. The Bertz CT molecular complexity index is 307. The number of para-hydroxylation sites is 1. The van der Waals surface area contributed by atoms with E-state index in [1.807, 2.05) is 31.2 Å². The summed E-state index contributed by atoms with van der Waals surface area (Å²) in [4.78, 5) is 0. The van der Waals surface area contributed by atoms with Crippen molar-refractivity contribution < 1.29 is 9.47 Å². The number of hydrogen-bond acceptors (Lipinski definition) is 3. The second kappa shape index (κ2) is 9.45. The van der Waals surface area contributed by atoms with Crippen molar-refractivity contribution >= 4 is 15.9 Å². The number of halogens is 1. The number of benzene rings is 1. The quantitative estimate of drug-likeness (QED) is 0.712. The molecule has 0 fully saturated rings. The van der Waals surface area contributed by atoms with Gasteiger partial charge in [-0.3, -0.25) is 0 Å². The smallest absolute Gasteiger partial charge is 0.133 e. The molecule has 0 radical (unpaired) electrons. The van der Waals surface area contributed by atoms with E-state index in [1.54, 1.807) is 0 Å². The molecule has 1 aromatic rings. The lowest BCUT2D eigenvalue weighted by Gasteiger charge is -2.08. The Kier molecular flexibility index (Phi) is 8.05. The molecule has 0 aromatic heterocycles. The number of rotatable bonds is 9. The molecular weight excluding hydrogens is 282 g/mol. The van der Waals surface area contributed by atoms with Crippen molar-refractivity contribution in [3.63, 3.8) is 0 Å². The van der Waals surface area contributed by atoms with Gasteiger partial charge in [-0.05, 0) is 48.0 Å². The van der Waals surface area contributed by atoms with Crippen LogP contribution in [-0.4, -0.2) is 32.9 Å². The monoisotopic (exact) mass is 301 g/mol. The third kappa shape index (κ3) is 6.66. The van der Waals surface area contributed by atoms with E-state index in [9.17, 15) is 0 Å². The summed E-state index contributed by atoms with van der Waals surface area (Å²) in [6.45, 7) is 6.14. The van der Waals surface area contributed by atoms with Crippen molar-refractivity contribution in [1.82, 2.24) is 5.32 Å². The Morgan fingerprint density at radius 1 is 1.18 bits per heavy atom. The van der Waals surface area contributed by atoms with E-state index < -0.39 is 0 Å². The summed E-state index contributed by atoms with van der Waals surface area (Å²) in [5, 5.41) is 3.31.